The quantitative estimate of drug-likeness (QED) is 0.114. The first-order valence-electron chi connectivity index (χ1n) is 17.3. The van der Waals surface area contributed by atoms with E-state index in [1.165, 1.54) is 151 Å². The molecule has 2 aromatic rings. The van der Waals surface area contributed by atoms with Gasteiger partial charge in [-0.25, -0.2) is 0 Å². The van der Waals surface area contributed by atoms with Gasteiger partial charge in [0, 0.05) is 13.1 Å². The van der Waals surface area contributed by atoms with E-state index in [-0.39, 0.29) is 0 Å². The Balaban J connectivity index is 2.04. The number of rotatable bonds is 25. The van der Waals surface area contributed by atoms with Crippen LogP contribution < -0.4 is 0 Å². The highest BCUT2D eigenvalue weighted by molar-refractivity contribution is 5.65. The van der Waals surface area contributed by atoms with Gasteiger partial charge in [-0.2, -0.15) is 0 Å². The zero-order chi connectivity index (χ0) is 28.7. The van der Waals surface area contributed by atoms with E-state index in [1.807, 2.05) is 0 Å². The Morgan fingerprint density at radius 1 is 0.400 bits per heavy atom. The molecule has 2 rings (SSSR count). The molecule has 0 N–H and O–H groups in total. The Morgan fingerprint density at radius 2 is 0.725 bits per heavy atom. The summed E-state index contributed by atoms with van der Waals surface area (Å²) < 4.78 is 0. The predicted molar refractivity (Wildman–Crippen MR) is 179 cm³/mol. The fourth-order valence-electron chi connectivity index (χ4n) is 5.80. The van der Waals surface area contributed by atoms with Crippen molar-refractivity contribution in [2.45, 2.75) is 144 Å². The lowest BCUT2D eigenvalue weighted by Gasteiger charge is -2.23. The maximum Gasteiger partial charge on any atom is 0.0233 e. The minimum Gasteiger partial charge on any atom is -0.299 e. The standard InChI is InChI=1S/C38H64N2/c1-5-9-13-15-19-29-39(27-17-11-7-3)33-35-23-21-25-37(31-35)38-26-22-24-36(32-38)34-40(28-18-12-8-4)30-20-16-14-10-6-2/h21-26,31-32H,5-20,27-30,33-34H2,1-4H3. The first-order valence-corrected chi connectivity index (χ1v) is 17.3. The first kappa shape index (κ1) is 34.6. The van der Waals surface area contributed by atoms with Crippen molar-refractivity contribution in [3.63, 3.8) is 0 Å². The second kappa shape index (κ2) is 23.0. The molecule has 0 aliphatic carbocycles. The van der Waals surface area contributed by atoms with Crippen LogP contribution in [-0.2, 0) is 13.1 Å². The fourth-order valence-corrected chi connectivity index (χ4v) is 5.80. The van der Waals surface area contributed by atoms with Gasteiger partial charge in [-0.1, -0.05) is 141 Å². The van der Waals surface area contributed by atoms with Crippen molar-refractivity contribution in [3.8, 4) is 11.1 Å². The molecule has 0 heterocycles. The van der Waals surface area contributed by atoms with Gasteiger partial charge in [0.25, 0.3) is 0 Å². The predicted octanol–water partition coefficient (Wildman–Crippen LogP) is 11.3. The smallest absolute Gasteiger partial charge is 0.0233 e. The van der Waals surface area contributed by atoms with Gasteiger partial charge in [0.1, 0.15) is 0 Å². The topological polar surface area (TPSA) is 6.48 Å². The van der Waals surface area contributed by atoms with Gasteiger partial charge in [0.05, 0.1) is 0 Å². The lowest BCUT2D eigenvalue weighted by Crippen LogP contribution is -2.26. The summed E-state index contributed by atoms with van der Waals surface area (Å²) in [6.07, 6.45) is 21.5. The molecule has 2 nitrogen and oxygen atoms in total. The van der Waals surface area contributed by atoms with E-state index < -0.39 is 0 Å². The normalized spacial score (nSPS) is 11.7. The van der Waals surface area contributed by atoms with Crippen LogP contribution in [-0.4, -0.2) is 36.0 Å². The van der Waals surface area contributed by atoms with Crippen LogP contribution in [0.2, 0.25) is 0 Å². The van der Waals surface area contributed by atoms with E-state index in [0.717, 1.165) is 13.1 Å². The minimum absolute atomic E-state index is 1.08. The molecule has 0 spiro atoms. The van der Waals surface area contributed by atoms with Crippen molar-refractivity contribution in [3.05, 3.63) is 59.7 Å². The summed E-state index contributed by atoms with van der Waals surface area (Å²) in [4.78, 5) is 5.43. The Kier molecular flexibility index (Phi) is 19.9. The average molecular weight is 549 g/mol. The van der Waals surface area contributed by atoms with Crippen molar-refractivity contribution < 1.29 is 0 Å². The van der Waals surface area contributed by atoms with Crippen LogP contribution in [0.5, 0.6) is 0 Å². The van der Waals surface area contributed by atoms with Crippen molar-refractivity contribution in [2.75, 3.05) is 26.2 Å². The first-order chi connectivity index (χ1) is 19.7. The number of hydrogen-bond donors (Lipinski definition) is 0. The van der Waals surface area contributed by atoms with Crippen molar-refractivity contribution in [2.24, 2.45) is 0 Å². The number of benzene rings is 2. The van der Waals surface area contributed by atoms with Crippen molar-refractivity contribution in [1.29, 1.82) is 0 Å². The Hall–Kier alpha value is -1.64. The number of hydrogen-bond acceptors (Lipinski definition) is 2. The lowest BCUT2D eigenvalue weighted by atomic mass is 10.0. The van der Waals surface area contributed by atoms with E-state index in [4.69, 9.17) is 0 Å². The van der Waals surface area contributed by atoms with Gasteiger partial charge in [-0.3, -0.25) is 9.80 Å². The summed E-state index contributed by atoms with van der Waals surface area (Å²) in [5.41, 5.74) is 5.66. The van der Waals surface area contributed by atoms with Gasteiger partial charge in [-0.15, -0.1) is 0 Å². The van der Waals surface area contributed by atoms with Crippen LogP contribution in [0.4, 0.5) is 0 Å². The second-order valence-corrected chi connectivity index (χ2v) is 12.2. The third kappa shape index (κ3) is 15.4. The van der Waals surface area contributed by atoms with Crippen LogP contribution >= 0.6 is 0 Å². The molecule has 2 aromatic carbocycles. The van der Waals surface area contributed by atoms with Crippen LogP contribution in [0.3, 0.4) is 0 Å². The summed E-state index contributed by atoms with van der Waals surface area (Å²) in [5, 5.41) is 0. The van der Waals surface area contributed by atoms with E-state index in [1.54, 1.807) is 0 Å². The summed E-state index contributed by atoms with van der Waals surface area (Å²) >= 11 is 0. The van der Waals surface area contributed by atoms with Crippen LogP contribution in [0, 0.1) is 0 Å². The molecule has 0 unspecified atom stereocenters. The van der Waals surface area contributed by atoms with Crippen LogP contribution in [0.1, 0.15) is 142 Å². The number of unbranched alkanes of at least 4 members (excludes halogenated alkanes) is 12. The molecule has 0 aromatic heterocycles. The molecule has 0 fully saturated rings. The molecule has 0 amide bonds. The molecular formula is C38H64N2. The molecule has 0 saturated heterocycles. The van der Waals surface area contributed by atoms with Gasteiger partial charge in [0.15, 0.2) is 0 Å². The largest absolute Gasteiger partial charge is 0.299 e. The van der Waals surface area contributed by atoms with Crippen molar-refractivity contribution in [1.82, 2.24) is 9.80 Å². The van der Waals surface area contributed by atoms with Gasteiger partial charge < -0.3 is 0 Å². The van der Waals surface area contributed by atoms with Gasteiger partial charge >= 0.3 is 0 Å². The molecule has 0 atom stereocenters. The highest BCUT2D eigenvalue weighted by Gasteiger charge is 2.10. The summed E-state index contributed by atoms with van der Waals surface area (Å²) in [6.45, 7) is 16.3. The molecule has 0 aliphatic heterocycles. The highest BCUT2D eigenvalue weighted by Crippen LogP contribution is 2.24. The minimum atomic E-state index is 1.08. The Labute approximate surface area is 249 Å². The zero-order valence-corrected chi connectivity index (χ0v) is 27.1. The van der Waals surface area contributed by atoms with Crippen LogP contribution in [0.15, 0.2) is 48.5 Å². The Bertz CT molecular complexity index is 789. The molecule has 0 saturated carbocycles. The molecule has 0 bridgehead atoms. The monoisotopic (exact) mass is 549 g/mol. The van der Waals surface area contributed by atoms with E-state index >= 15 is 0 Å². The molecule has 226 valence electrons. The third-order valence-corrected chi connectivity index (χ3v) is 8.31. The number of nitrogens with zero attached hydrogens (tertiary/aromatic N) is 2. The maximum atomic E-state index is 2.71. The molecular weight excluding hydrogens is 484 g/mol. The fraction of sp³-hybridized carbons (Fsp3) is 0.684. The van der Waals surface area contributed by atoms with E-state index in [2.05, 4.69) is 86.0 Å². The SMILES string of the molecule is CCCCCCCN(CCCCC)Cc1cccc(-c2cccc(CN(CCCCC)CCCCCCC)c2)c1. The maximum absolute atomic E-state index is 2.71. The van der Waals surface area contributed by atoms with Crippen LogP contribution in [0.25, 0.3) is 11.1 Å². The molecule has 0 aliphatic rings. The third-order valence-electron chi connectivity index (χ3n) is 8.31. The van der Waals surface area contributed by atoms with Gasteiger partial charge in [0.2, 0.25) is 0 Å². The lowest BCUT2D eigenvalue weighted by molar-refractivity contribution is 0.253. The highest BCUT2D eigenvalue weighted by atomic mass is 15.1. The van der Waals surface area contributed by atoms with Gasteiger partial charge in [-0.05, 0) is 86.2 Å². The average Bonchev–Trinajstić information content (AvgIpc) is 2.97. The van der Waals surface area contributed by atoms with E-state index in [0.29, 0.717) is 0 Å². The summed E-state index contributed by atoms with van der Waals surface area (Å²) in [6, 6.07) is 18.7. The second-order valence-electron chi connectivity index (χ2n) is 12.2. The molecule has 0 radical (unpaired) electrons. The zero-order valence-electron chi connectivity index (χ0n) is 27.1. The molecule has 40 heavy (non-hydrogen) atoms. The Morgan fingerprint density at radius 3 is 1.10 bits per heavy atom. The summed E-state index contributed by atoms with van der Waals surface area (Å²) in [5.74, 6) is 0. The van der Waals surface area contributed by atoms with E-state index in [9.17, 15) is 0 Å². The van der Waals surface area contributed by atoms with Crippen molar-refractivity contribution >= 4 is 0 Å². The summed E-state index contributed by atoms with van der Waals surface area (Å²) in [7, 11) is 0. The molecule has 2 heteroatoms.